The van der Waals surface area contributed by atoms with Gasteiger partial charge in [-0.25, -0.2) is 4.68 Å². The number of ether oxygens (including phenoxy) is 1. The van der Waals surface area contributed by atoms with E-state index in [0.29, 0.717) is 24.4 Å². The molecule has 3 aromatic rings. The highest BCUT2D eigenvalue weighted by atomic mass is 16.5. The molecule has 0 aliphatic rings. The molecular formula is C17H19N5O2. The number of primary amides is 1. The maximum atomic E-state index is 11.8. The Bertz CT molecular complexity index is 917. The van der Waals surface area contributed by atoms with E-state index in [0.717, 1.165) is 16.5 Å². The first-order valence-electron chi connectivity index (χ1n) is 7.53. The molecule has 1 amide bonds. The average molecular weight is 325 g/mol. The van der Waals surface area contributed by atoms with Crippen molar-refractivity contribution in [3.05, 3.63) is 41.6 Å². The third-order valence-electron chi connectivity index (χ3n) is 3.86. The van der Waals surface area contributed by atoms with Crippen LogP contribution in [-0.2, 0) is 11.3 Å². The van der Waals surface area contributed by atoms with Crippen molar-refractivity contribution in [2.45, 2.75) is 13.5 Å². The fourth-order valence-electron chi connectivity index (χ4n) is 2.63. The van der Waals surface area contributed by atoms with Gasteiger partial charge in [0.2, 0.25) is 0 Å². The standard InChI is InChI=1S/C17H19N5O2/c1-10-3-4-11-8-12(9-20-13(11)7-10)15-14(17(19)23)16(18)22(21-15)5-6-24-2/h3-4,7-9H,5-6,18H2,1-2H3,(H2,19,23). The molecule has 4 N–H and O–H groups in total. The first-order valence-corrected chi connectivity index (χ1v) is 7.53. The number of carbonyl (C=O) groups is 1. The summed E-state index contributed by atoms with van der Waals surface area (Å²) in [7, 11) is 1.59. The van der Waals surface area contributed by atoms with Crippen LogP contribution >= 0.6 is 0 Å². The third-order valence-corrected chi connectivity index (χ3v) is 3.86. The number of aryl methyl sites for hydroxylation is 1. The molecule has 0 atom stereocenters. The Morgan fingerprint density at radius 3 is 2.83 bits per heavy atom. The molecule has 3 rings (SSSR count). The van der Waals surface area contributed by atoms with E-state index in [4.69, 9.17) is 16.2 Å². The van der Waals surface area contributed by atoms with E-state index in [9.17, 15) is 4.79 Å². The van der Waals surface area contributed by atoms with E-state index in [-0.39, 0.29) is 11.4 Å². The van der Waals surface area contributed by atoms with Crippen LogP contribution in [0.2, 0.25) is 0 Å². The highest BCUT2D eigenvalue weighted by molar-refractivity contribution is 6.03. The summed E-state index contributed by atoms with van der Waals surface area (Å²) in [6, 6.07) is 7.92. The van der Waals surface area contributed by atoms with Gasteiger partial charge < -0.3 is 16.2 Å². The summed E-state index contributed by atoms with van der Waals surface area (Å²) in [6.07, 6.45) is 1.68. The third kappa shape index (κ3) is 2.81. The van der Waals surface area contributed by atoms with Gasteiger partial charge in [0.25, 0.3) is 5.91 Å². The number of rotatable bonds is 5. The minimum atomic E-state index is -0.616. The first kappa shape index (κ1) is 15.9. The predicted molar refractivity (Wildman–Crippen MR) is 92.5 cm³/mol. The number of methoxy groups -OCH3 is 1. The first-order chi connectivity index (χ1) is 11.5. The van der Waals surface area contributed by atoms with Crippen molar-refractivity contribution in [3.63, 3.8) is 0 Å². The molecule has 0 aliphatic heterocycles. The predicted octanol–water partition coefficient (Wildman–Crippen LogP) is 1.73. The maximum Gasteiger partial charge on any atom is 0.254 e. The molecule has 0 unspecified atom stereocenters. The van der Waals surface area contributed by atoms with Gasteiger partial charge in [0.1, 0.15) is 17.1 Å². The molecule has 0 aliphatic carbocycles. The highest BCUT2D eigenvalue weighted by Crippen LogP contribution is 2.28. The van der Waals surface area contributed by atoms with Gasteiger partial charge in [0, 0.05) is 24.3 Å². The summed E-state index contributed by atoms with van der Waals surface area (Å²) in [4.78, 5) is 16.3. The summed E-state index contributed by atoms with van der Waals surface area (Å²) in [5.41, 5.74) is 14.9. The number of pyridine rings is 1. The van der Waals surface area contributed by atoms with E-state index >= 15 is 0 Å². The Morgan fingerprint density at radius 2 is 2.12 bits per heavy atom. The van der Waals surface area contributed by atoms with Crippen LogP contribution in [0.5, 0.6) is 0 Å². The minimum Gasteiger partial charge on any atom is -0.383 e. The normalized spacial score (nSPS) is 11.1. The smallest absolute Gasteiger partial charge is 0.254 e. The van der Waals surface area contributed by atoms with Crippen molar-refractivity contribution in [2.24, 2.45) is 5.73 Å². The number of fused-ring (bicyclic) bond motifs is 1. The number of nitrogens with zero attached hydrogens (tertiary/aromatic N) is 3. The summed E-state index contributed by atoms with van der Waals surface area (Å²) in [6.45, 7) is 2.87. The second-order valence-electron chi connectivity index (χ2n) is 5.61. The van der Waals surface area contributed by atoms with Crippen molar-refractivity contribution in [1.82, 2.24) is 14.8 Å². The number of nitrogens with two attached hydrogens (primary N) is 2. The quantitative estimate of drug-likeness (QED) is 0.742. The lowest BCUT2D eigenvalue weighted by Gasteiger charge is -2.03. The fraction of sp³-hybridized carbons (Fsp3) is 0.235. The van der Waals surface area contributed by atoms with Crippen LogP contribution in [0.1, 0.15) is 15.9 Å². The van der Waals surface area contributed by atoms with Crippen LogP contribution in [0.4, 0.5) is 5.82 Å². The second kappa shape index (κ2) is 6.29. The zero-order valence-electron chi connectivity index (χ0n) is 13.6. The van der Waals surface area contributed by atoms with Crippen LogP contribution in [0, 0.1) is 6.92 Å². The molecule has 2 aromatic heterocycles. The van der Waals surface area contributed by atoms with E-state index in [2.05, 4.69) is 10.1 Å². The average Bonchev–Trinajstić information content (AvgIpc) is 2.89. The molecule has 2 heterocycles. The molecule has 7 nitrogen and oxygen atoms in total. The van der Waals surface area contributed by atoms with Crippen LogP contribution in [0.15, 0.2) is 30.5 Å². The van der Waals surface area contributed by atoms with E-state index in [1.54, 1.807) is 13.3 Å². The number of benzene rings is 1. The van der Waals surface area contributed by atoms with E-state index in [1.165, 1.54) is 4.68 Å². The molecule has 0 radical (unpaired) electrons. The number of amides is 1. The number of carbonyl (C=O) groups excluding carboxylic acids is 1. The van der Waals surface area contributed by atoms with Crippen molar-refractivity contribution < 1.29 is 9.53 Å². The molecular weight excluding hydrogens is 306 g/mol. The lowest BCUT2D eigenvalue weighted by atomic mass is 10.1. The van der Waals surface area contributed by atoms with Gasteiger partial charge in [0.05, 0.1) is 18.7 Å². The zero-order chi connectivity index (χ0) is 17.3. The van der Waals surface area contributed by atoms with E-state index in [1.807, 2.05) is 31.2 Å². The van der Waals surface area contributed by atoms with Crippen molar-refractivity contribution >= 4 is 22.6 Å². The summed E-state index contributed by atoms with van der Waals surface area (Å²) >= 11 is 0. The topological polar surface area (TPSA) is 109 Å². The Balaban J connectivity index is 2.14. The monoisotopic (exact) mass is 325 g/mol. The zero-order valence-corrected chi connectivity index (χ0v) is 13.6. The minimum absolute atomic E-state index is 0.208. The van der Waals surface area contributed by atoms with Gasteiger partial charge in [0.15, 0.2) is 0 Å². The van der Waals surface area contributed by atoms with Crippen molar-refractivity contribution in [2.75, 3.05) is 19.5 Å². The maximum absolute atomic E-state index is 11.8. The molecule has 1 aromatic carbocycles. The van der Waals surface area contributed by atoms with E-state index < -0.39 is 5.91 Å². The van der Waals surface area contributed by atoms with Crippen LogP contribution in [-0.4, -0.2) is 34.4 Å². The molecule has 0 fully saturated rings. The van der Waals surface area contributed by atoms with Gasteiger partial charge in [-0.3, -0.25) is 9.78 Å². The van der Waals surface area contributed by atoms with Crippen LogP contribution < -0.4 is 11.5 Å². The molecule has 0 bridgehead atoms. The lowest BCUT2D eigenvalue weighted by Crippen LogP contribution is -2.15. The van der Waals surface area contributed by atoms with Gasteiger partial charge in [-0.05, 0) is 24.6 Å². The largest absolute Gasteiger partial charge is 0.383 e. The number of aromatic nitrogens is 3. The summed E-state index contributed by atoms with van der Waals surface area (Å²) in [5.74, 6) is -0.381. The Morgan fingerprint density at radius 1 is 1.33 bits per heavy atom. The molecule has 0 saturated heterocycles. The Hall–Kier alpha value is -2.93. The summed E-state index contributed by atoms with van der Waals surface area (Å²) < 4.78 is 6.57. The van der Waals surface area contributed by atoms with Crippen LogP contribution in [0.25, 0.3) is 22.2 Å². The van der Waals surface area contributed by atoms with Crippen molar-refractivity contribution in [3.8, 4) is 11.3 Å². The highest BCUT2D eigenvalue weighted by Gasteiger charge is 2.21. The van der Waals surface area contributed by atoms with Crippen LogP contribution in [0.3, 0.4) is 0 Å². The van der Waals surface area contributed by atoms with Gasteiger partial charge in [-0.15, -0.1) is 0 Å². The number of nitrogen functional groups attached to an aromatic ring is 1. The molecule has 0 saturated carbocycles. The molecule has 7 heteroatoms. The lowest BCUT2D eigenvalue weighted by molar-refractivity contribution is 0.100. The number of anilines is 1. The second-order valence-corrected chi connectivity index (χ2v) is 5.61. The summed E-state index contributed by atoms with van der Waals surface area (Å²) in [5, 5.41) is 5.39. The Kier molecular flexibility index (Phi) is 4.18. The van der Waals surface area contributed by atoms with Crippen molar-refractivity contribution in [1.29, 1.82) is 0 Å². The van der Waals surface area contributed by atoms with Gasteiger partial charge in [-0.1, -0.05) is 12.1 Å². The molecule has 124 valence electrons. The molecule has 24 heavy (non-hydrogen) atoms. The number of hydrogen-bond donors (Lipinski definition) is 2. The Labute approximate surface area is 139 Å². The van der Waals surface area contributed by atoms with Gasteiger partial charge >= 0.3 is 0 Å². The number of hydrogen-bond acceptors (Lipinski definition) is 5. The SMILES string of the molecule is COCCn1nc(-c2cnc3cc(C)ccc3c2)c(C(N)=O)c1N. The fourth-order valence-corrected chi connectivity index (χ4v) is 2.63. The molecule has 0 spiro atoms. The van der Waals surface area contributed by atoms with Gasteiger partial charge in [-0.2, -0.15) is 5.10 Å².